The Morgan fingerprint density at radius 1 is 0.840 bits per heavy atom. The SMILES string of the molecule is O=C(Nc1ccc(NCCc2ccccc2)cc1)c1cccc(Cl)c1. The van der Waals surface area contributed by atoms with Gasteiger partial charge in [0.2, 0.25) is 0 Å². The van der Waals surface area contributed by atoms with Crippen molar-refractivity contribution in [1.29, 1.82) is 0 Å². The summed E-state index contributed by atoms with van der Waals surface area (Å²) in [6.07, 6.45) is 0.966. The summed E-state index contributed by atoms with van der Waals surface area (Å²) in [7, 11) is 0. The molecule has 1 amide bonds. The highest BCUT2D eigenvalue weighted by molar-refractivity contribution is 6.31. The first-order valence-electron chi connectivity index (χ1n) is 8.15. The molecule has 0 spiro atoms. The van der Waals surface area contributed by atoms with Crippen molar-refractivity contribution in [3.8, 4) is 0 Å². The number of benzene rings is 3. The van der Waals surface area contributed by atoms with Gasteiger partial charge in [-0.1, -0.05) is 48.0 Å². The number of anilines is 2. The molecular weight excluding hydrogens is 332 g/mol. The summed E-state index contributed by atoms with van der Waals surface area (Å²) in [6, 6.07) is 24.9. The summed E-state index contributed by atoms with van der Waals surface area (Å²) in [5.41, 5.74) is 3.62. The number of rotatable bonds is 6. The molecule has 0 bridgehead atoms. The quantitative estimate of drug-likeness (QED) is 0.637. The van der Waals surface area contributed by atoms with Gasteiger partial charge in [0, 0.05) is 28.5 Å². The van der Waals surface area contributed by atoms with Crippen LogP contribution in [0.25, 0.3) is 0 Å². The predicted molar refractivity (Wildman–Crippen MR) is 104 cm³/mol. The monoisotopic (exact) mass is 350 g/mol. The maximum atomic E-state index is 12.2. The van der Waals surface area contributed by atoms with Crippen LogP contribution in [0.5, 0.6) is 0 Å². The number of nitrogens with one attached hydrogen (secondary N) is 2. The maximum Gasteiger partial charge on any atom is 0.255 e. The van der Waals surface area contributed by atoms with Crippen LogP contribution < -0.4 is 10.6 Å². The molecule has 2 N–H and O–H groups in total. The molecule has 3 aromatic rings. The molecule has 25 heavy (non-hydrogen) atoms. The fourth-order valence-electron chi connectivity index (χ4n) is 2.50. The Bertz CT molecular complexity index is 832. The second-order valence-electron chi connectivity index (χ2n) is 5.70. The van der Waals surface area contributed by atoms with Crippen LogP contribution in [0.2, 0.25) is 5.02 Å². The lowest BCUT2D eigenvalue weighted by atomic mass is 10.1. The van der Waals surface area contributed by atoms with Crippen molar-refractivity contribution in [2.75, 3.05) is 17.2 Å². The summed E-state index contributed by atoms with van der Waals surface area (Å²) in [4.78, 5) is 12.2. The van der Waals surface area contributed by atoms with Gasteiger partial charge in [0.05, 0.1) is 0 Å². The van der Waals surface area contributed by atoms with Crippen LogP contribution in [0.15, 0.2) is 78.9 Å². The Hall–Kier alpha value is -2.78. The van der Waals surface area contributed by atoms with Crippen LogP contribution in [0.4, 0.5) is 11.4 Å². The zero-order valence-electron chi connectivity index (χ0n) is 13.7. The third kappa shape index (κ3) is 5.10. The van der Waals surface area contributed by atoms with Crippen molar-refractivity contribution in [2.24, 2.45) is 0 Å². The van der Waals surface area contributed by atoms with Gasteiger partial charge in [-0.25, -0.2) is 0 Å². The number of carbonyl (C=O) groups is 1. The molecule has 0 fully saturated rings. The average Bonchev–Trinajstić information content (AvgIpc) is 2.64. The van der Waals surface area contributed by atoms with Crippen LogP contribution in [0.1, 0.15) is 15.9 Å². The first-order valence-corrected chi connectivity index (χ1v) is 8.53. The van der Waals surface area contributed by atoms with Crippen molar-refractivity contribution < 1.29 is 4.79 Å². The van der Waals surface area contributed by atoms with Crippen LogP contribution >= 0.6 is 11.6 Å². The van der Waals surface area contributed by atoms with Gasteiger partial charge >= 0.3 is 0 Å². The van der Waals surface area contributed by atoms with Crippen molar-refractivity contribution in [3.05, 3.63) is 95.0 Å². The molecule has 0 aliphatic heterocycles. The highest BCUT2D eigenvalue weighted by Crippen LogP contribution is 2.16. The van der Waals surface area contributed by atoms with Crippen LogP contribution in [-0.2, 0) is 6.42 Å². The van der Waals surface area contributed by atoms with E-state index in [9.17, 15) is 4.79 Å². The molecule has 3 rings (SSSR count). The van der Waals surface area contributed by atoms with Crippen molar-refractivity contribution >= 4 is 28.9 Å². The second kappa shape index (κ2) is 8.36. The van der Waals surface area contributed by atoms with Gasteiger partial charge in [-0.2, -0.15) is 0 Å². The number of carbonyl (C=O) groups excluding carboxylic acids is 1. The van der Waals surface area contributed by atoms with E-state index in [0.717, 1.165) is 24.3 Å². The van der Waals surface area contributed by atoms with E-state index in [1.165, 1.54) is 5.56 Å². The molecule has 3 aromatic carbocycles. The zero-order valence-corrected chi connectivity index (χ0v) is 14.5. The minimum Gasteiger partial charge on any atom is -0.385 e. The minimum absolute atomic E-state index is 0.174. The molecule has 0 saturated heterocycles. The van der Waals surface area contributed by atoms with Gasteiger partial charge in [-0.3, -0.25) is 4.79 Å². The highest BCUT2D eigenvalue weighted by atomic mass is 35.5. The standard InChI is InChI=1S/C21H19ClN2O/c22-18-8-4-7-17(15-18)21(25)24-20-11-9-19(10-12-20)23-14-13-16-5-2-1-3-6-16/h1-12,15,23H,13-14H2,(H,24,25). The van der Waals surface area contributed by atoms with Gasteiger partial charge in [-0.05, 0) is 54.4 Å². The van der Waals surface area contributed by atoms with Gasteiger partial charge in [0.1, 0.15) is 0 Å². The molecule has 0 aliphatic carbocycles. The summed E-state index contributed by atoms with van der Waals surface area (Å²) in [6.45, 7) is 0.859. The second-order valence-corrected chi connectivity index (χ2v) is 6.14. The van der Waals surface area contributed by atoms with E-state index in [2.05, 4.69) is 22.8 Å². The Labute approximate surface area is 152 Å². The van der Waals surface area contributed by atoms with Crippen molar-refractivity contribution in [2.45, 2.75) is 6.42 Å². The van der Waals surface area contributed by atoms with E-state index in [-0.39, 0.29) is 5.91 Å². The van der Waals surface area contributed by atoms with E-state index in [1.54, 1.807) is 24.3 Å². The first-order chi connectivity index (χ1) is 12.2. The number of hydrogen-bond donors (Lipinski definition) is 2. The van der Waals surface area contributed by atoms with E-state index >= 15 is 0 Å². The molecule has 3 nitrogen and oxygen atoms in total. The predicted octanol–water partition coefficient (Wildman–Crippen LogP) is 5.25. The minimum atomic E-state index is -0.174. The molecule has 0 atom stereocenters. The topological polar surface area (TPSA) is 41.1 Å². The van der Waals surface area contributed by atoms with E-state index in [0.29, 0.717) is 10.6 Å². The third-order valence-electron chi connectivity index (χ3n) is 3.82. The summed E-state index contributed by atoms with van der Waals surface area (Å²) >= 11 is 5.92. The lowest BCUT2D eigenvalue weighted by molar-refractivity contribution is 0.102. The molecule has 0 heterocycles. The Balaban J connectivity index is 1.52. The average molecular weight is 351 g/mol. The van der Waals surface area contributed by atoms with E-state index < -0.39 is 0 Å². The summed E-state index contributed by atoms with van der Waals surface area (Å²) in [5.74, 6) is -0.174. The molecule has 0 aliphatic rings. The van der Waals surface area contributed by atoms with Crippen LogP contribution in [-0.4, -0.2) is 12.5 Å². The molecule has 0 unspecified atom stereocenters. The third-order valence-corrected chi connectivity index (χ3v) is 4.05. The van der Waals surface area contributed by atoms with Gasteiger partial charge in [-0.15, -0.1) is 0 Å². The zero-order chi connectivity index (χ0) is 17.5. The van der Waals surface area contributed by atoms with Crippen LogP contribution in [0, 0.1) is 0 Å². The number of hydrogen-bond acceptors (Lipinski definition) is 2. The molecule has 4 heteroatoms. The summed E-state index contributed by atoms with van der Waals surface area (Å²) in [5, 5.41) is 6.80. The van der Waals surface area contributed by atoms with Gasteiger partial charge < -0.3 is 10.6 Å². The van der Waals surface area contributed by atoms with E-state index in [4.69, 9.17) is 11.6 Å². The fourth-order valence-corrected chi connectivity index (χ4v) is 2.69. The summed E-state index contributed by atoms with van der Waals surface area (Å²) < 4.78 is 0. The van der Waals surface area contributed by atoms with Crippen LogP contribution in [0.3, 0.4) is 0 Å². The Kier molecular flexibility index (Phi) is 5.70. The molecular formula is C21H19ClN2O. The Morgan fingerprint density at radius 2 is 1.56 bits per heavy atom. The van der Waals surface area contributed by atoms with Gasteiger partial charge in [0.15, 0.2) is 0 Å². The van der Waals surface area contributed by atoms with E-state index in [1.807, 2.05) is 42.5 Å². The molecule has 0 radical (unpaired) electrons. The normalized spacial score (nSPS) is 10.3. The van der Waals surface area contributed by atoms with Crippen molar-refractivity contribution in [1.82, 2.24) is 0 Å². The first kappa shape index (κ1) is 17.1. The highest BCUT2D eigenvalue weighted by Gasteiger charge is 2.06. The lowest BCUT2D eigenvalue weighted by Gasteiger charge is -2.09. The number of amides is 1. The Morgan fingerprint density at radius 3 is 2.28 bits per heavy atom. The fraction of sp³-hybridized carbons (Fsp3) is 0.0952. The molecule has 126 valence electrons. The molecule has 0 aromatic heterocycles. The smallest absolute Gasteiger partial charge is 0.255 e. The maximum absolute atomic E-state index is 12.2. The largest absolute Gasteiger partial charge is 0.385 e. The number of halogens is 1. The van der Waals surface area contributed by atoms with Crippen molar-refractivity contribution in [3.63, 3.8) is 0 Å². The lowest BCUT2D eigenvalue weighted by Crippen LogP contribution is -2.11. The van der Waals surface area contributed by atoms with Gasteiger partial charge in [0.25, 0.3) is 5.91 Å². The molecule has 0 saturated carbocycles.